The summed E-state index contributed by atoms with van der Waals surface area (Å²) < 4.78 is 2.31. The van der Waals surface area contributed by atoms with Gasteiger partial charge in [0.2, 0.25) is 5.69 Å². The number of pyridine rings is 1. The largest absolute Gasteiger partial charge is 0.209 e. The normalized spacial score (nSPS) is 12.5. The first kappa shape index (κ1) is 20.0. The number of aromatic nitrogens is 1. The van der Waals surface area contributed by atoms with Crippen LogP contribution in [0.25, 0.3) is 5.57 Å². The molecule has 1 aromatic heterocycles. The molecule has 0 unspecified atom stereocenters. The van der Waals surface area contributed by atoms with Crippen LogP contribution in [0.3, 0.4) is 0 Å². The third-order valence-corrected chi connectivity index (χ3v) is 2.62. The molecule has 0 atom stereocenters. The third kappa shape index (κ3) is 4.66. The Labute approximate surface area is 122 Å². The molecule has 19 heavy (non-hydrogen) atoms. The van der Waals surface area contributed by atoms with Gasteiger partial charge >= 0.3 is 0 Å². The second kappa shape index (κ2) is 11.7. The molecule has 1 aromatic rings. The van der Waals surface area contributed by atoms with Gasteiger partial charge in [0.05, 0.1) is 0 Å². The summed E-state index contributed by atoms with van der Waals surface area (Å²) >= 11 is 0. The molecule has 110 valence electrons. The van der Waals surface area contributed by atoms with Crippen LogP contribution in [-0.4, -0.2) is 0 Å². The molecule has 0 spiro atoms. The first-order valence-electron chi connectivity index (χ1n) is 7.32. The fourth-order valence-corrected chi connectivity index (χ4v) is 2.04. The zero-order valence-electron chi connectivity index (χ0n) is 12.8. The molecule has 0 bridgehead atoms. The summed E-state index contributed by atoms with van der Waals surface area (Å²) in [7, 11) is 0. The SMILES string of the molecule is C.C1=CC2=C(C1)c1cccc[n+]1C2.CC.CC.CC.[2HH]. The van der Waals surface area contributed by atoms with Crippen molar-refractivity contribution in [3.05, 3.63) is 47.8 Å². The summed E-state index contributed by atoms with van der Waals surface area (Å²) in [5.41, 5.74) is 4.43. The van der Waals surface area contributed by atoms with Gasteiger partial charge in [0.25, 0.3) is 0 Å². The molecule has 1 aliphatic heterocycles. The first-order chi connectivity index (χ1) is 8.95. The van der Waals surface area contributed by atoms with Gasteiger partial charge in [-0.15, -0.1) is 0 Å². The van der Waals surface area contributed by atoms with Gasteiger partial charge in [-0.1, -0.05) is 61.1 Å². The summed E-state index contributed by atoms with van der Waals surface area (Å²) in [6.45, 7) is 13.1. The summed E-state index contributed by atoms with van der Waals surface area (Å²) in [4.78, 5) is 0. The number of hydrogen-bond donors (Lipinski definition) is 0. The quantitative estimate of drug-likeness (QED) is 0.533. The highest BCUT2D eigenvalue weighted by atomic mass is 15.0. The van der Waals surface area contributed by atoms with Crippen LogP contribution in [0.4, 0.5) is 0 Å². The smallest absolute Gasteiger partial charge is 0.194 e. The average Bonchev–Trinajstić information content (AvgIpc) is 3.06. The average molecular weight is 265 g/mol. The third-order valence-electron chi connectivity index (χ3n) is 2.62. The summed E-state index contributed by atoms with van der Waals surface area (Å²) in [6.07, 6.45) is 7.78. The summed E-state index contributed by atoms with van der Waals surface area (Å²) in [5.74, 6) is 0. The van der Waals surface area contributed by atoms with Crippen molar-refractivity contribution in [2.45, 2.75) is 61.9 Å². The minimum absolute atomic E-state index is 0. The van der Waals surface area contributed by atoms with E-state index in [2.05, 4.69) is 41.1 Å². The highest BCUT2D eigenvalue weighted by Gasteiger charge is 2.27. The maximum atomic E-state index is 2.31. The second-order valence-corrected chi connectivity index (χ2v) is 3.32. The zero-order chi connectivity index (χ0) is 14.0. The Bertz CT molecular complexity index is 406. The van der Waals surface area contributed by atoms with E-state index in [1.165, 1.54) is 16.8 Å². The number of rotatable bonds is 0. The van der Waals surface area contributed by atoms with Gasteiger partial charge in [-0.2, -0.15) is 4.57 Å². The highest BCUT2D eigenvalue weighted by Crippen LogP contribution is 2.30. The molecule has 3 rings (SSSR count). The van der Waals surface area contributed by atoms with Crippen molar-refractivity contribution in [3.63, 3.8) is 0 Å². The lowest BCUT2D eigenvalue weighted by Crippen LogP contribution is -2.33. The minimum Gasteiger partial charge on any atom is -0.194 e. The Hall–Kier alpha value is -1.37. The summed E-state index contributed by atoms with van der Waals surface area (Å²) in [6, 6.07) is 6.41. The van der Waals surface area contributed by atoms with Crippen molar-refractivity contribution in [2.24, 2.45) is 0 Å². The predicted octanol–water partition coefficient (Wildman–Crippen LogP) is 5.66. The van der Waals surface area contributed by atoms with Crippen LogP contribution in [0.2, 0.25) is 0 Å². The van der Waals surface area contributed by atoms with Gasteiger partial charge in [0.1, 0.15) is 0 Å². The molecule has 1 heteroatoms. The molecule has 0 saturated carbocycles. The van der Waals surface area contributed by atoms with E-state index in [-0.39, 0.29) is 8.85 Å². The molecule has 0 aromatic carbocycles. The van der Waals surface area contributed by atoms with Gasteiger partial charge in [0, 0.05) is 24.7 Å². The fraction of sp³-hybridized carbons (Fsp3) is 0.500. The van der Waals surface area contributed by atoms with E-state index in [0.717, 1.165) is 13.0 Å². The van der Waals surface area contributed by atoms with Crippen molar-refractivity contribution in [2.75, 3.05) is 0 Å². The van der Waals surface area contributed by atoms with Gasteiger partial charge in [-0.25, -0.2) is 0 Å². The fourth-order valence-electron chi connectivity index (χ4n) is 2.04. The first-order valence-corrected chi connectivity index (χ1v) is 7.32. The van der Waals surface area contributed by atoms with Crippen molar-refractivity contribution in [3.8, 4) is 0 Å². The van der Waals surface area contributed by atoms with Crippen LogP contribution in [0.1, 0.15) is 62.5 Å². The molecule has 2 heterocycles. The van der Waals surface area contributed by atoms with Crippen LogP contribution >= 0.6 is 0 Å². The molecular weight excluding hydrogens is 230 g/mol. The maximum Gasteiger partial charge on any atom is 0.209 e. The van der Waals surface area contributed by atoms with E-state index in [1.807, 2.05) is 41.5 Å². The minimum atomic E-state index is 0. The molecule has 1 aliphatic carbocycles. The van der Waals surface area contributed by atoms with Crippen molar-refractivity contribution >= 4 is 5.57 Å². The molecular formula is C18H34N+. The lowest BCUT2D eigenvalue weighted by atomic mass is 10.1. The van der Waals surface area contributed by atoms with Crippen LogP contribution < -0.4 is 4.57 Å². The van der Waals surface area contributed by atoms with Crippen LogP contribution in [-0.2, 0) is 6.54 Å². The van der Waals surface area contributed by atoms with Crippen molar-refractivity contribution < 1.29 is 5.99 Å². The Kier molecular flexibility index (Phi) is 12.3. The van der Waals surface area contributed by atoms with Crippen LogP contribution in [0.15, 0.2) is 42.1 Å². The summed E-state index contributed by atoms with van der Waals surface area (Å²) in [5, 5.41) is 0. The van der Waals surface area contributed by atoms with Gasteiger partial charge < -0.3 is 0 Å². The second-order valence-electron chi connectivity index (χ2n) is 3.32. The van der Waals surface area contributed by atoms with Gasteiger partial charge in [0.15, 0.2) is 12.7 Å². The van der Waals surface area contributed by atoms with Crippen LogP contribution in [0.5, 0.6) is 0 Å². The number of hydrogen-bond acceptors (Lipinski definition) is 0. The molecule has 0 fully saturated rings. The molecule has 0 amide bonds. The number of allylic oxidation sites excluding steroid dienone is 4. The van der Waals surface area contributed by atoms with Crippen molar-refractivity contribution in [1.29, 1.82) is 0 Å². The van der Waals surface area contributed by atoms with E-state index in [1.54, 1.807) is 0 Å². The van der Waals surface area contributed by atoms with E-state index in [4.69, 9.17) is 0 Å². The zero-order valence-corrected chi connectivity index (χ0v) is 12.8. The molecule has 2 aliphatic rings. The standard InChI is InChI=1S/C11H10N.3C2H6.CH4.H2/c1-2-7-12-8-9-4-3-5-10(9)11(12)6-1;3*1-2;;/h1-4,6-7H,5,8H2;3*1-2H3;1H4;1H/q+1;;;;;/i;;;;;1+1. The highest BCUT2D eigenvalue weighted by molar-refractivity contribution is 5.72. The van der Waals surface area contributed by atoms with E-state index < -0.39 is 0 Å². The lowest BCUT2D eigenvalue weighted by Gasteiger charge is -1.93. The monoisotopic (exact) mass is 265 g/mol. The lowest BCUT2D eigenvalue weighted by molar-refractivity contribution is -0.686. The number of fused-ring (bicyclic) bond motifs is 2. The Morgan fingerprint density at radius 3 is 2.26 bits per heavy atom. The Morgan fingerprint density at radius 2 is 1.63 bits per heavy atom. The molecule has 0 N–H and O–H groups in total. The molecule has 0 saturated heterocycles. The Morgan fingerprint density at radius 1 is 1.00 bits per heavy atom. The Balaban J connectivity index is -0.000000326. The maximum absolute atomic E-state index is 2.31. The van der Waals surface area contributed by atoms with Gasteiger partial charge in [-0.05, 0) is 12.5 Å². The molecule has 0 radical (unpaired) electrons. The molecule has 1 nitrogen and oxygen atoms in total. The van der Waals surface area contributed by atoms with E-state index in [0.29, 0.717) is 0 Å². The number of nitrogens with zero attached hydrogens (tertiary/aromatic N) is 1. The van der Waals surface area contributed by atoms with E-state index >= 15 is 0 Å². The van der Waals surface area contributed by atoms with Gasteiger partial charge in [-0.3, -0.25) is 0 Å². The predicted molar refractivity (Wildman–Crippen MR) is 90.2 cm³/mol. The van der Waals surface area contributed by atoms with Crippen molar-refractivity contribution in [1.82, 2.24) is 0 Å². The van der Waals surface area contributed by atoms with E-state index in [9.17, 15) is 0 Å². The topological polar surface area (TPSA) is 3.88 Å². The van der Waals surface area contributed by atoms with Crippen LogP contribution in [0, 0.1) is 0 Å².